The van der Waals surface area contributed by atoms with Crippen LogP contribution in [0.3, 0.4) is 0 Å². The van der Waals surface area contributed by atoms with Crippen LogP contribution in [0.1, 0.15) is 0 Å². The summed E-state index contributed by atoms with van der Waals surface area (Å²) in [6.07, 6.45) is 0. The second kappa shape index (κ2) is 6.07. The van der Waals surface area contributed by atoms with Crippen molar-refractivity contribution in [1.29, 1.82) is 0 Å². The molecule has 24 heavy (non-hydrogen) atoms. The summed E-state index contributed by atoms with van der Waals surface area (Å²) in [4.78, 5) is 38.2. The second-order valence-corrected chi connectivity index (χ2v) is 5.03. The number of amides is 1. The van der Waals surface area contributed by atoms with Crippen LogP contribution >= 0.6 is 0 Å². The molecule has 0 unspecified atom stereocenters. The minimum atomic E-state index is -0.938. The Balaban J connectivity index is 1.95. The van der Waals surface area contributed by atoms with E-state index in [1.807, 2.05) is 0 Å². The SMILES string of the molecule is O=C(Cn1c(=O)c(=O)[nH]c2ccccc21)Nc1ccc(F)cc1F. The third kappa shape index (κ3) is 2.94. The molecular weight excluding hydrogens is 320 g/mol. The van der Waals surface area contributed by atoms with Gasteiger partial charge in [-0.15, -0.1) is 0 Å². The first-order valence-electron chi connectivity index (χ1n) is 6.92. The van der Waals surface area contributed by atoms with Gasteiger partial charge in [0.05, 0.1) is 16.7 Å². The van der Waals surface area contributed by atoms with Gasteiger partial charge in [0, 0.05) is 6.07 Å². The van der Waals surface area contributed by atoms with E-state index >= 15 is 0 Å². The number of nitrogens with one attached hydrogen (secondary N) is 2. The van der Waals surface area contributed by atoms with Crippen LogP contribution in [0.5, 0.6) is 0 Å². The monoisotopic (exact) mass is 331 g/mol. The van der Waals surface area contributed by atoms with Crippen molar-refractivity contribution in [2.75, 3.05) is 5.32 Å². The molecule has 0 aliphatic rings. The maximum absolute atomic E-state index is 13.6. The Labute approximate surface area is 133 Å². The predicted molar refractivity (Wildman–Crippen MR) is 83.8 cm³/mol. The predicted octanol–water partition coefficient (Wildman–Crippen LogP) is 1.61. The number of para-hydroxylation sites is 2. The Morgan fingerprint density at radius 3 is 2.62 bits per heavy atom. The second-order valence-electron chi connectivity index (χ2n) is 5.03. The molecule has 3 aromatic rings. The first kappa shape index (κ1) is 15.6. The lowest BCUT2D eigenvalue weighted by molar-refractivity contribution is -0.116. The van der Waals surface area contributed by atoms with Gasteiger partial charge < -0.3 is 10.3 Å². The number of hydrogen-bond acceptors (Lipinski definition) is 3. The molecular formula is C16H11F2N3O3. The molecule has 0 aliphatic heterocycles. The highest BCUT2D eigenvalue weighted by molar-refractivity contribution is 5.91. The fourth-order valence-corrected chi connectivity index (χ4v) is 2.30. The molecule has 0 atom stereocenters. The van der Waals surface area contributed by atoms with Gasteiger partial charge in [0.1, 0.15) is 18.2 Å². The summed E-state index contributed by atoms with van der Waals surface area (Å²) in [6.45, 7) is -0.486. The van der Waals surface area contributed by atoms with E-state index in [9.17, 15) is 23.2 Å². The zero-order valence-electron chi connectivity index (χ0n) is 12.2. The van der Waals surface area contributed by atoms with Gasteiger partial charge in [0.2, 0.25) is 5.91 Å². The number of halogens is 2. The lowest BCUT2D eigenvalue weighted by Crippen LogP contribution is -2.38. The van der Waals surface area contributed by atoms with Crippen molar-refractivity contribution >= 4 is 22.6 Å². The van der Waals surface area contributed by atoms with Gasteiger partial charge in [0.25, 0.3) is 0 Å². The van der Waals surface area contributed by atoms with Crippen molar-refractivity contribution < 1.29 is 13.6 Å². The van der Waals surface area contributed by atoms with E-state index in [1.165, 1.54) is 0 Å². The minimum absolute atomic E-state index is 0.219. The normalized spacial score (nSPS) is 10.8. The number of nitrogens with zero attached hydrogens (tertiary/aromatic N) is 1. The highest BCUT2D eigenvalue weighted by atomic mass is 19.1. The average Bonchev–Trinajstić information content (AvgIpc) is 2.54. The quantitative estimate of drug-likeness (QED) is 0.715. The summed E-state index contributed by atoms with van der Waals surface area (Å²) in [5.74, 6) is -2.44. The van der Waals surface area contributed by atoms with Crippen molar-refractivity contribution in [2.24, 2.45) is 0 Å². The van der Waals surface area contributed by atoms with Crippen molar-refractivity contribution in [3.05, 3.63) is 74.8 Å². The summed E-state index contributed by atoms with van der Waals surface area (Å²) in [7, 11) is 0. The third-order valence-electron chi connectivity index (χ3n) is 3.39. The minimum Gasteiger partial charge on any atom is -0.322 e. The Hall–Kier alpha value is -3.29. The van der Waals surface area contributed by atoms with E-state index in [0.29, 0.717) is 17.1 Å². The molecule has 0 spiro atoms. The summed E-state index contributed by atoms with van der Waals surface area (Å²) in [5.41, 5.74) is -1.24. The van der Waals surface area contributed by atoms with Gasteiger partial charge >= 0.3 is 11.1 Å². The van der Waals surface area contributed by atoms with E-state index in [-0.39, 0.29) is 5.69 Å². The maximum Gasteiger partial charge on any atom is 0.317 e. The first-order chi connectivity index (χ1) is 11.5. The van der Waals surface area contributed by atoms with Crippen molar-refractivity contribution in [1.82, 2.24) is 9.55 Å². The zero-order valence-corrected chi connectivity index (χ0v) is 12.2. The number of aromatic amines is 1. The van der Waals surface area contributed by atoms with Crippen molar-refractivity contribution in [2.45, 2.75) is 6.54 Å². The third-order valence-corrected chi connectivity index (χ3v) is 3.39. The van der Waals surface area contributed by atoms with E-state index in [1.54, 1.807) is 24.3 Å². The number of carbonyl (C=O) groups excluding carboxylic acids is 1. The largest absolute Gasteiger partial charge is 0.322 e. The molecule has 0 bridgehead atoms. The molecule has 2 N–H and O–H groups in total. The standard InChI is InChI=1S/C16H11F2N3O3/c17-9-5-6-11(10(18)7-9)19-14(22)8-21-13-4-2-1-3-12(13)20-15(23)16(21)24/h1-7H,8H2,(H,19,22)(H,20,23). The van der Waals surface area contributed by atoms with Gasteiger partial charge in [-0.2, -0.15) is 0 Å². The summed E-state index contributed by atoms with van der Waals surface area (Å²) in [5, 5.41) is 2.24. The van der Waals surface area contributed by atoms with E-state index in [0.717, 1.165) is 16.7 Å². The van der Waals surface area contributed by atoms with Gasteiger partial charge in [-0.25, -0.2) is 8.78 Å². The topological polar surface area (TPSA) is 84.0 Å². The van der Waals surface area contributed by atoms with Gasteiger partial charge in [-0.1, -0.05) is 12.1 Å². The zero-order chi connectivity index (χ0) is 17.3. The van der Waals surface area contributed by atoms with Crippen LogP contribution in [0.15, 0.2) is 52.1 Å². The Morgan fingerprint density at radius 2 is 1.88 bits per heavy atom. The van der Waals surface area contributed by atoms with Crippen LogP contribution in [-0.4, -0.2) is 15.5 Å². The lowest BCUT2D eigenvalue weighted by Gasteiger charge is -2.10. The number of H-pyrrole nitrogens is 1. The molecule has 0 aliphatic carbocycles. The van der Waals surface area contributed by atoms with Gasteiger partial charge in [0.15, 0.2) is 0 Å². The molecule has 8 heteroatoms. The van der Waals surface area contributed by atoms with Crippen LogP contribution < -0.4 is 16.4 Å². The highest BCUT2D eigenvalue weighted by Gasteiger charge is 2.13. The molecule has 1 heterocycles. The first-order valence-corrected chi connectivity index (χ1v) is 6.92. The Morgan fingerprint density at radius 1 is 1.12 bits per heavy atom. The van der Waals surface area contributed by atoms with Crippen molar-refractivity contribution in [3.63, 3.8) is 0 Å². The molecule has 0 saturated carbocycles. The summed E-state index contributed by atoms with van der Waals surface area (Å²) < 4.78 is 27.4. The average molecular weight is 331 g/mol. The van der Waals surface area contributed by atoms with Gasteiger partial charge in [-0.3, -0.25) is 19.0 Å². The fraction of sp³-hybridized carbons (Fsp3) is 0.0625. The Bertz CT molecular complexity index is 1060. The molecule has 1 aromatic heterocycles. The molecule has 122 valence electrons. The van der Waals surface area contributed by atoms with Crippen LogP contribution in [-0.2, 0) is 11.3 Å². The number of aromatic nitrogens is 2. The summed E-state index contributed by atoms with van der Waals surface area (Å²) in [6, 6.07) is 9.16. The van der Waals surface area contributed by atoms with E-state index in [2.05, 4.69) is 10.3 Å². The van der Waals surface area contributed by atoms with E-state index in [4.69, 9.17) is 0 Å². The smallest absolute Gasteiger partial charge is 0.317 e. The number of rotatable bonds is 3. The molecule has 0 radical (unpaired) electrons. The highest BCUT2D eigenvalue weighted by Crippen LogP contribution is 2.15. The molecule has 2 aromatic carbocycles. The molecule has 6 nitrogen and oxygen atoms in total. The maximum atomic E-state index is 13.6. The number of carbonyl (C=O) groups is 1. The fourth-order valence-electron chi connectivity index (χ4n) is 2.30. The lowest BCUT2D eigenvalue weighted by atomic mass is 10.3. The van der Waals surface area contributed by atoms with Crippen LogP contribution in [0, 0.1) is 11.6 Å². The number of benzene rings is 2. The van der Waals surface area contributed by atoms with E-state index < -0.39 is 35.2 Å². The molecule has 0 saturated heterocycles. The van der Waals surface area contributed by atoms with Crippen molar-refractivity contribution in [3.8, 4) is 0 Å². The van der Waals surface area contributed by atoms with Gasteiger partial charge in [-0.05, 0) is 24.3 Å². The number of anilines is 1. The number of fused-ring (bicyclic) bond motifs is 1. The number of hydrogen-bond donors (Lipinski definition) is 2. The van der Waals surface area contributed by atoms with Crippen LogP contribution in [0.2, 0.25) is 0 Å². The van der Waals surface area contributed by atoms with Crippen LogP contribution in [0.25, 0.3) is 11.0 Å². The molecule has 0 fully saturated rings. The summed E-state index contributed by atoms with van der Waals surface area (Å²) >= 11 is 0. The Kier molecular flexibility index (Phi) is 3.95. The van der Waals surface area contributed by atoms with Crippen LogP contribution in [0.4, 0.5) is 14.5 Å². The molecule has 3 rings (SSSR count). The molecule has 1 amide bonds.